The Morgan fingerprint density at radius 2 is 2.24 bits per heavy atom. The van der Waals surface area contributed by atoms with Crippen LogP contribution in [0.1, 0.15) is 20.3 Å². The summed E-state index contributed by atoms with van der Waals surface area (Å²) < 4.78 is 0. The Hall–Kier alpha value is -0.510. The van der Waals surface area contributed by atoms with E-state index < -0.39 is 0 Å². The van der Waals surface area contributed by atoms with Crippen molar-refractivity contribution in [3.8, 4) is 0 Å². The zero-order chi connectivity index (χ0) is 12.4. The maximum atomic E-state index is 6.05. The predicted molar refractivity (Wildman–Crippen MR) is 81.3 cm³/mol. The fourth-order valence-electron chi connectivity index (χ4n) is 1.75. The number of anilines is 1. The molecule has 4 heteroatoms. The molecule has 17 heavy (non-hydrogen) atoms. The van der Waals surface area contributed by atoms with Gasteiger partial charge >= 0.3 is 0 Å². The maximum Gasteiger partial charge on any atom is 0.0812 e. The van der Waals surface area contributed by atoms with Crippen molar-refractivity contribution in [2.75, 3.05) is 11.4 Å². The van der Waals surface area contributed by atoms with Crippen LogP contribution >= 0.6 is 35.6 Å². The molecular weight excluding hydrogens is 270 g/mol. The molecule has 1 aliphatic heterocycles. The molecule has 1 aliphatic rings. The van der Waals surface area contributed by atoms with Gasteiger partial charge in [-0.05, 0) is 37.6 Å². The number of rotatable bonds is 3. The molecule has 0 fully saturated rings. The number of hydrogen-bond donors (Lipinski definition) is 0. The zero-order valence-corrected chi connectivity index (χ0v) is 12.3. The van der Waals surface area contributed by atoms with Gasteiger partial charge < -0.3 is 4.90 Å². The molecule has 0 N–H and O–H groups in total. The van der Waals surface area contributed by atoms with Gasteiger partial charge in [0.2, 0.25) is 0 Å². The third-order valence-corrected chi connectivity index (χ3v) is 4.40. The molecular formula is C13H14ClNS2. The molecule has 2 rings (SSSR count). The van der Waals surface area contributed by atoms with Crippen molar-refractivity contribution in [2.24, 2.45) is 0 Å². The molecule has 0 bridgehead atoms. The fraction of sp³-hybridized carbons (Fsp3) is 0.308. The smallest absolute Gasteiger partial charge is 0.0812 e. The van der Waals surface area contributed by atoms with Crippen molar-refractivity contribution in [1.29, 1.82) is 0 Å². The second-order valence-corrected chi connectivity index (χ2v) is 5.78. The minimum Gasteiger partial charge on any atom is -0.335 e. The molecule has 0 amide bonds. The first-order valence-corrected chi connectivity index (χ1v) is 7.25. The van der Waals surface area contributed by atoms with Gasteiger partial charge in [0.05, 0.1) is 10.7 Å². The van der Waals surface area contributed by atoms with Gasteiger partial charge in [0, 0.05) is 21.3 Å². The number of allylic oxidation sites excluding steroid dienone is 1. The lowest BCUT2D eigenvalue weighted by molar-refractivity contribution is 1.00. The normalized spacial score (nSPS) is 16.4. The Labute approximate surface area is 117 Å². The summed E-state index contributed by atoms with van der Waals surface area (Å²) >= 11 is 13.1. The summed E-state index contributed by atoms with van der Waals surface area (Å²) in [5, 5.41) is 1.98. The largest absolute Gasteiger partial charge is 0.335 e. The summed E-state index contributed by atoms with van der Waals surface area (Å²) in [5.74, 6) is 0. The molecule has 0 aromatic heterocycles. The van der Waals surface area contributed by atoms with Gasteiger partial charge in [0.1, 0.15) is 0 Å². The Bertz CT molecular complexity index is 482. The number of benzene rings is 1. The van der Waals surface area contributed by atoms with Crippen LogP contribution in [-0.2, 0) is 0 Å². The quantitative estimate of drug-likeness (QED) is 0.574. The molecule has 0 aliphatic carbocycles. The van der Waals surface area contributed by atoms with Gasteiger partial charge in [0.25, 0.3) is 0 Å². The van der Waals surface area contributed by atoms with Crippen LogP contribution in [0.15, 0.2) is 34.2 Å². The van der Waals surface area contributed by atoms with Gasteiger partial charge in [-0.15, -0.1) is 0 Å². The van der Waals surface area contributed by atoms with E-state index in [0.717, 1.165) is 22.9 Å². The van der Waals surface area contributed by atoms with Crippen LogP contribution in [0.2, 0.25) is 5.02 Å². The lowest BCUT2D eigenvalue weighted by Gasteiger charge is -2.18. The molecule has 0 radical (unpaired) electrons. The summed E-state index contributed by atoms with van der Waals surface area (Å²) in [6.45, 7) is 5.15. The SMILES string of the molecule is CCC(=S)/C=C1\Sc2ccc(Cl)cc2N1CC. The van der Waals surface area contributed by atoms with Crippen LogP contribution in [0.5, 0.6) is 0 Å². The van der Waals surface area contributed by atoms with Crippen molar-refractivity contribution in [1.82, 2.24) is 0 Å². The monoisotopic (exact) mass is 283 g/mol. The molecule has 1 aromatic carbocycles. The van der Waals surface area contributed by atoms with E-state index in [2.05, 4.69) is 30.9 Å². The second-order valence-electron chi connectivity index (χ2n) is 3.76. The molecule has 1 aromatic rings. The maximum absolute atomic E-state index is 6.05. The van der Waals surface area contributed by atoms with E-state index in [-0.39, 0.29) is 0 Å². The highest BCUT2D eigenvalue weighted by atomic mass is 35.5. The highest BCUT2D eigenvalue weighted by Gasteiger charge is 2.24. The Morgan fingerprint density at radius 1 is 1.47 bits per heavy atom. The van der Waals surface area contributed by atoms with Crippen molar-refractivity contribution in [2.45, 2.75) is 25.2 Å². The second kappa shape index (κ2) is 5.42. The van der Waals surface area contributed by atoms with E-state index >= 15 is 0 Å². The summed E-state index contributed by atoms with van der Waals surface area (Å²) in [5.41, 5.74) is 1.19. The van der Waals surface area contributed by atoms with Gasteiger partial charge in [-0.1, -0.05) is 42.5 Å². The van der Waals surface area contributed by atoms with Crippen LogP contribution in [0.3, 0.4) is 0 Å². The van der Waals surface area contributed by atoms with Crippen molar-refractivity contribution >= 4 is 46.1 Å². The summed E-state index contributed by atoms with van der Waals surface area (Å²) in [4.78, 5) is 4.50. The average molecular weight is 284 g/mol. The zero-order valence-electron chi connectivity index (χ0n) is 9.87. The number of hydrogen-bond acceptors (Lipinski definition) is 3. The van der Waals surface area contributed by atoms with E-state index in [1.165, 1.54) is 15.6 Å². The lowest BCUT2D eigenvalue weighted by atomic mass is 10.3. The first kappa shape index (κ1) is 12.9. The first-order chi connectivity index (χ1) is 8.15. The number of fused-ring (bicyclic) bond motifs is 1. The molecule has 0 atom stereocenters. The molecule has 0 spiro atoms. The third-order valence-electron chi connectivity index (χ3n) is 2.64. The minimum atomic E-state index is 0.780. The first-order valence-electron chi connectivity index (χ1n) is 5.65. The average Bonchev–Trinajstić information content (AvgIpc) is 2.65. The molecule has 1 nitrogen and oxygen atoms in total. The highest BCUT2D eigenvalue weighted by molar-refractivity contribution is 8.03. The Balaban J connectivity index is 2.38. The predicted octanol–water partition coefficient (Wildman–Crippen LogP) is 4.89. The topological polar surface area (TPSA) is 3.24 Å². The van der Waals surface area contributed by atoms with Gasteiger partial charge in [0.15, 0.2) is 0 Å². The van der Waals surface area contributed by atoms with Crippen molar-refractivity contribution in [3.05, 3.63) is 34.3 Å². The van der Waals surface area contributed by atoms with Crippen LogP contribution in [0.4, 0.5) is 5.69 Å². The Kier molecular flexibility index (Phi) is 4.13. The Morgan fingerprint density at radius 3 is 2.88 bits per heavy atom. The van der Waals surface area contributed by atoms with E-state index in [9.17, 15) is 0 Å². The molecule has 0 saturated heterocycles. The molecule has 1 heterocycles. The van der Waals surface area contributed by atoms with E-state index in [0.29, 0.717) is 0 Å². The number of thiocarbonyl (C=S) groups is 1. The van der Waals surface area contributed by atoms with Gasteiger partial charge in [-0.3, -0.25) is 0 Å². The van der Waals surface area contributed by atoms with E-state index in [1.807, 2.05) is 12.1 Å². The van der Waals surface area contributed by atoms with Crippen LogP contribution < -0.4 is 4.90 Å². The van der Waals surface area contributed by atoms with Crippen molar-refractivity contribution < 1.29 is 0 Å². The molecule has 0 unspecified atom stereocenters. The fourth-order valence-corrected chi connectivity index (χ4v) is 3.27. The summed E-state index contributed by atoms with van der Waals surface area (Å²) in [6.07, 6.45) is 3.01. The lowest BCUT2D eigenvalue weighted by Crippen LogP contribution is -2.17. The minimum absolute atomic E-state index is 0.780. The third kappa shape index (κ3) is 2.67. The standard InChI is InChI=1S/C13H14ClNS2/c1-3-10(16)8-13-15(4-2)11-7-9(14)5-6-12(11)17-13/h5-8H,3-4H2,1-2H3/b13-8-. The molecule has 0 saturated carbocycles. The van der Waals surface area contributed by atoms with Gasteiger partial charge in [-0.25, -0.2) is 0 Å². The van der Waals surface area contributed by atoms with E-state index in [1.54, 1.807) is 11.8 Å². The summed E-state index contributed by atoms with van der Waals surface area (Å²) in [7, 11) is 0. The van der Waals surface area contributed by atoms with Crippen molar-refractivity contribution in [3.63, 3.8) is 0 Å². The number of thioether (sulfide) groups is 1. The molecule has 90 valence electrons. The number of halogens is 1. The van der Waals surface area contributed by atoms with Crippen LogP contribution in [0, 0.1) is 0 Å². The van der Waals surface area contributed by atoms with Crippen LogP contribution in [0.25, 0.3) is 0 Å². The number of nitrogens with zero attached hydrogens (tertiary/aromatic N) is 1. The van der Waals surface area contributed by atoms with Gasteiger partial charge in [-0.2, -0.15) is 0 Å². The van der Waals surface area contributed by atoms with Crippen LogP contribution in [-0.4, -0.2) is 11.4 Å². The summed E-state index contributed by atoms with van der Waals surface area (Å²) in [6, 6.07) is 6.02. The van der Waals surface area contributed by atoms with E-state index in [4.69, 9.17) is 23.8 Å². The highest BCUT2D eigenvalue weighted by Crippen LogP contribution is 2.46.